The molecule has 2 aromatic heterocycles. The second kappa shape index (κ2) is 9.51. The molecule has 7 nitrogen and oxygen atoms in total. The molecule has 3 heterocycles. The molecule has 0 amide bonds. The minimum absolute atomic E-state index is 0.197. The number of hydrogen-bond acceptors (Lipinski definition) is 8. The van der Waals surface area contributed by atoms with E-state index in [-0.39, 0.29) is 5.78 Å². The Morgan fingerprint density at radius 2 is 1.93 bits per heavy atom. The average Bonchev–Trinajstić information content (AvgIpc) is 3.17. The fraction of sp³-hybridized carbons (Fsp3) is 0.333. The third kappa shape index (κ3) is 5.33. The largest absolute Gasteiger partial charge is 0.354 e. The van der Waals surface area contributed by atoms with Crippen LogP contribution in [0.4, 0.5) is 16.8 Å². The van der Waals surface area contributed by atoms with Crippen molar-refractivity contribution in [3.8, 4) is 0 Å². The second-order valence-electron chi connectivity index (χ2n) is 7.12. The Hall–Kier alpha value is -2.55. The van der Waals surface area contributed by atoms with Crippen LogP contribution in [0.15, 0.2) is 42.6 Å². The number of nitrogens with one attached hydrogen (secondary N) is 1. The number of nitrogens with zero attached hydrogens (tertiary/aromatic N) is 5. The van der Waals surface area contributed by atoms with Crippen LogP contribution >= 0.6 is 22.9 Å². The first-order valence-corrected chi connectivity index (χ1v) is 11.1. The van der Waals surface area contributed by atoms with Crippen LogP contribution in [0.25, 0.3) is 0 Å². The van der Waals surface area contributed by atoms with Crippen molar-refractivity contribution in [3.05, 3.63) is 58.3 Å². The van der Waals surface area contributed by atoms with Gasteiger partial charge >= 0.3 is 0 Å². The molecule has 0 radical (unpaired) electrons. The molecule has 0 unspecified atom stereocenters. The molecule has 1 aliphatic heterocycles. The zero-order valence-corrected chi connectivity index (χ0v) is 18.3. The molecule has 9 heteroatoms. The molecule has 1 N–H and O–H groups in total. The maximum absolute atomic E-state index is 12.3. The van der Waals surface area contributed by atoms with Gasteiger partial charge in [0.2, 0.25) is 0 Å². The van der Waals surface area contributed by atoms with Gasteiger partial charge < -0.3 is 10.2 Å². The van der Waals surface area contributed by atoms with Crippen molar-refractivity contribution in [3.63, 3.8) is 0 Å². The van der Waals surface area contributed by atoms with Gasteiger partial charge in [-0.1, -0.05) is 53.3 Å². The monoisotopic (exact) mass is 442 g/mol. The summed E-state index contributed by atoms with van der Waals surface area (Å²) in [5, 5.41) is 3.90. The number of halogens is 1. The Balaban J connectivity index is 1.32. The number of Topliss-reactive ketones (excluding diaryl/α,β-unsaturated/α-hetero) is 1. The molecule has 1 fully saturated rings. The summed E-state index contributed by atoms with van der Waals surface area (Å²) in [7, 11) is 0. The van der Waals surface area contributed by atoms with Gasteiger partial charge in [-0.2, -0.15) is 0 Å². The highest BCUT2D eigenvalue weighted by molar-refractivity contribution is 7.19. The lowest BCUT2D eigenvalue weighted by atomic mass is 10.1. The summed E-state index contributed by atoms with van der Waals surface area (Å²) in [6.45, 7) is 6.18. The highest BCUT2D eigenvalue weighted by atomic mass is 35.5. The first-order valence-electron chi connectivity index (χ1n) is 9.86. The molecule has 1 aliphatic rings. The third-order valence-corrected chi connectivity index (χ3v) is 6.01. The standard InChI is InChI=1S/C21H23ClN6OS/c1-15-24-19(26-21-23-14-18(22)30-21)13-20(25-15)28-11-9-27(10-12-28)8-7-17(29)16-5-3-2-4-6-16/h2-6,13-14H,7-12H2,1H3,(H,23,24,25,26). The Kier molecular flexibility index (Phi) is 6.56. The molecular formula is C21H23ClN6OS. The average molecular weight is 443 g/mol. The van der Waals surface area contributed by atoms with Crippen LogP contribution in [-0.4, -0.2) is 58.4 Å². The van der Waals surface area contributed by atoms with E-state index in [0.717, 1.165) is 44.1 Å². The van der Waals surface area contributed by atoms with E-state index >= 15 is 0 Å². The highest BCUT2D eigenvalue weighted by Crippen LogP contribution is 2.26. The van der Waals surface area contributed by atoms with Gasteiger partial charge in [0.1, 0.15) is 21.8 Å². The molecule has 3 aromatic rings. The zero-order valence-electron chi connectivity index (χ0n) is 16.7. The van der Waals surface area contributed by atoms with Gasteiger partial charge in [-0.25, -0.2) is 15.0 Å². The highest BCUT2D eigenvalue weighted by Gasteiger charge is 2.20. The number of thiazole rings is 1. The number of ketones is 1. The Labute approximate surface area is 184 Å². The molecule has 0 saturated carbocycles. The van der Waals surface area contributed by atoms with E-state index in [1.54, 1.807) is 6.20 Å². The van der Waals surface area contributed by atoms with Gasteiger partial charge in [-0.15, -0.1) is 0 Å². The van der Waals surface area contributed by atoms with Crippen LogP contribution in [0.2, 0.25) is 4.34 Å². The second-order valence-corrected chi connectivity index (χ2v) is 8.78. The number of hydrogen-bond donors (Lipinski definition) is 1. The molecule has 0 spiro atoms. The van der Waals surface area contributed by atoms with E-state index in [1.807, 2.05) is 43.3 Å². The summed E-state index contributed by atoms with van der Waals surface area (Å²) in [4.78, 5) is 30.2. The maximum atomic E-state index is 12.3. The number of aryl methyl sites for hydroxylation is 1. The van der Waals surface area contributed by atoms with Crippen LogP contribution in [0, 0.1) is 6.92 Å². The lowest BCUT2D eigenvalue weighted by molar-refractivity contribution is 0.0962. The van der Waals surface area contributed by atoms with Crippen molar-refractivity contribution < 1.29 is 4.79 Å². The van der Waals surface area contributed by atoms with Crippen molar-refractivity contribution in [2.45, 2.75) is 13.3 Å². The van der Waals surface area contributed by atoms with E-state index in [4.69, 9.17) is 11.6 Å². The third-order valence-electron chi connectivity index (χ3n) is 4.98. The molecule has 30 heavy (non-hydrogen) atoms. The van der Waals surface area contributed by atoms with E-state index in [0.29, 0.717) is 27.5 Å². The van der Waals surface area contributed by atoms with E-state index in [2.05, 4.69) is 30.1 Å². The van der Waals surface area contributed by atoms with Crippen molar-refractivity contribution >= 4 is 45.5 Å². The predicted molar refractivity (Wildman–Crippen MR) is 121 cm³/mol. The van der Waals surface area contributed by atoms with Gasteiger partial charge in [0.25, 0.3) is 0 Å². The molecule has 0 atom stereocenters. The van der Waals surface area contributed by atoms with Crippen LogP contribution in [0.1, 0.15) is 22.6 Å². The molecule has 0 bridgehead atoms. The van der Waals surface area contributed by atoms with Crippen molar-refractivity contribution in [1.29, 1.82) is 0 Å². The number of carbonyl (C=O) groups is 1. The SMILES string of the molecule is Cc1nc(Nc2ncc(Cl)s2)cc(N2CCN(CCC(=O)c3ccccc3)CC2)n1. The first-order chi connectivity index (χ1) is 14.6. The van der Waals surface area contributed by atoms with Crippen molar-refractivity contribution in [2.24, 2.45) is 0 Å². The fourth-order valence-electron chi connectivity index (χ4n) is 3.43. The minimum Gasteiger partial charge on any atom is -0.354 e. The van der Waals surface area contributed by atoms with Gasteiger partial charge in [0.15, 0.2) is 10.9 Å². The van der Waals surface area contributed by atoms with Gasteiger partial charge in [-0.05, 0) is 6.92 Å². The number of rotatable bonds is 7. The fourth-order valence-corrected chi connectivity index (χ4v) is 4.25. The minimum atomic E-state index is 0.197. The Morgan fingerprint density at radius 3 is 2.63 bits per heavy atom. The Bertz CT molecular complexity index is 1000. The smallest absolute Gasteiger partial charge is 0.189 e. The molecule has 0 aliphatic carbocycles. The summed E-state index contributed by atoms with van der Waals surface area (Å²) < 4.78 is 0.630. The number of benzene rings is 1. The summed E-state index contributed by atoms with van der Waals surface area (Å²) in [6.07, 6.45) is 2.16. The van der Waals surface area contributed by atoms with Crippen molar-refractivity contribution in [2.75, 3.05) is 42.9 Å². The van der Waals surface area contributed by atoms with Gasteiger partial charge in [-0.3, -0.25) is 9.69 Å². The van der Waals surface area contributed by atoms with Crippen LogP contribution in [0.5, 0.6) is 0 Å². The van der Waals surface area contributed by atoms with Gasteiger partial charge in [0, 0.05) is 50.8 Å². The summed E-state index contributed by atoms with van der Waals surface area (Å²) in [5.74, 6) is 2.50. The van der Waals surface area contributed by atoms with Crippen molar-refractivity contribution in [1.82, 2.24) is 19.9 Å². The predicted octanol–water partition coefficient (Wildman–Crippen LogP) is 4.03. The molecular weight excluding hydrogens is 420 g/mol. The van der Waals surface area contributed by atoms with Crippen LogP contribution in [0.3, 0.4) is 0 Å². The topological polar surface area (TPSA) is 74.2 Å². The number of anilines is 3. The summed E-state index contributed by atoms with van der Waals surface area (Å²) in [5.41, 5.74) is 0.786. The maximum Gasteiger partial charge on any atom is 0.189 e. The number of carbonyl (C=O) groups excluding carboxylic acids is 1. The number of piperazine rings is 1. The summed E-state index contributed by atoms with van der Waals surface area (Å²) in [6, 6.07) is 11.4. The van der Waals surface area contributed by atoms with Crippen LogP contribution < -0.4 is 10.2 Å². The lowest BCUT2D eigenvalue weighted by Gasteiger charge is -2.35. The molecule has 4 rings (SSSR count). The first kappa shape index (κ1) is 20.7. The summed E-state index contributed by atoms with van der Waals surface area (Å²) >= 11 is 7.33. The lowest BCUT2D eigenvalue weighted by Crippen LogP contribution is -2.47. The van der Waals surface area contributed by atoms with Crippen LogP contribution in [-0.2, 0) is 0 Å². The van der Waals surface area contributed by atoms with E-state index < -0.39 is 0 Å². The van der Waals surface area contributed by atoms with Gasteiger partial charge in [0.05, 0.1) is 6.20 Å². The molecule has 1 saturated heterocycles. The zero-order chi connectivity index (χ0) is 20.9. The number of aromatic nitrogens is 3. The Morgan fingerprint density at radius 1 is 1.17 bits per heavy atom. The van der Waals surface area contributed by atoms with E-state index in [1.165, 1.54) is 11.3 Å². The quantitative estimate of drug-likeness (QED) is 0.553. The molecule has 1 aromatic carbocycles. The van der Waals surface area contributed by atoms with E-state index in [9.17, 15) is 4.79 Å². The normalized spacial score (nSPS) is 14.7. The molecule has 156 valence electrons.